The zero-order chi connectivity index (χ0) is 14.8. The van der Waals surface area contributed by atoms with Gasteiger partial charge in [0.25, 0.3) is 0 Å². The van der Waals surface area contributed by atoms with Gasteiger partial charge >= 0.3 is 7.60 Å². The number of aliphatic imine (C=N–C) groups is 3. The predicted molar refractivity (Wildman–Crippen MR) is 71.8 cm³/mol. The third-order valence-corrected chi connectivity index (χ3v) is 3.31. The highest BCUT2D eigenvalue weighted by Gasteiger charge is 2.35. The molecule has 0 aromatic rings. The summed E-state index contributed by atoms with van der Waals surface area (Å²) in [4.78, 5) is 31.3. The van der Waals surface area contributed by atoms with E-state index < -0.39 is 20.0 Å². The second-order valence-electron chi connectivity index (χ2n) is 4.40. The second-order valence-corrected chi connectivity index (χ2v) is 5.99. The summed E-state index contributed by atoms with van der Waals surface area (Å²) in [7, 11) is -4.27. The quantitative estimate of drug-likeness (QED) is 0.411. The first-order valence-corrected chi connectivity index (χ1v) is 7.61. The van der Waals surface area contributed by atoms with Crippen LogP contribution in [-0.2, 0) is 9.30 Å². The summed E-state index contributed by atoms with van der Waals surface area (Å²) in [5.41, 5.74) is 5.70. The number of hydrogen-bond donors (Lipinski definition) is 4. The maximum Gasteiger partial charge on any atom is 0.350 e. The minimum atomic E-state index is -4.27. The van der Waals surface area contributed by atoms with Gasteiger partial charge in [-0.25, -0.2) is 9.98 Å². The van der Waals surface area contributed by atoms with E-state index in [2.05, 4.69) is 15.0 Å². The third kappa shape index (κ3) is 3.62. The molecule has 2 aliphatic heterocycles. The highest BCUT2D eigenvalue weighted by Crippen LogP contribution is 2.34. The first kappa shape index (κ1) is 15.1. The Kier molecular flexibility index (Phi) is 4.51. The topological polar surface area (TPSA) is 153 Å². The lowest BCUT2D eigenvalue weighted by molar-refractivity contribution is 0.0150. The average Bonchev–Trinajstić information content (AvgIpc) is 2.78. The Bertz CT molecular complexity index is 489. The third-order valence-electron chi connectivity index (χ3n) is 2.82. The zero-order valence-electron chi connectivity index (χ0n) is 10.5. The van der Waals surface area contributed by atoms with Crippen molar-refractivity contribution in [3.8, 4) is 0 Å². The van der Waals surface area contributed by atoms with Gasteiger partial charge in [0, 0.05) is 6.54 Å². The van der Waals surface area contributed by atoms with Crippen LogP contribution >= 0.6 is 7.60 Å². The molecule has 0 radical (unpaired) electrons. The van der Waals surface area contributed by atoms with Crippen LogP contribution in [0.1, 0.15) is 0 Å². The van der Waals surface area contributed by atoms with Gasteiger partial charge in [0.05, 0.1) is 19.0 Å². The summed E-state index contributed by atoms with van der Waals surface area (Å²) in [6, 6.07) is -0.374. The number of nitrogens with two attached hydrogens (primary N) is 1. The van der Waals surface area contributed by atoms with Crippen molar-refractivity contribution in [2.45, 2.75) is 18.3 Å². The lowest BCUT2D eigenvalue weighted by Gasteiger charge is -2.28. The standard InChI is InChI=1S/C9H16N5O5P/c10-8-7-9(12-3-11-8)14(4-13-7)1-6(2-15)19-5-20(16,17)18/h3-4,6-7,9,15H,1-2,5H2,(H2,10,11,12)(H2,16,17,18)/t6-,7?,9?/m0/s1. The molecule has 5 N–H and O–H groups in total. The van der Waals surface area contributed by atoms with Gasteiger partial charge in [-0.1, -0.05) is 0 Å². The molecule has 0 aromatic heterocycles. The fourth-order valence-corrected chi connectivity index (χ4v) is 2.29. The second kappa shape index (κ2) is 5.98. The molecule has 0 amide bonds. The van der Waals surface area contributed by atoms with Crippen LogP contribution in [-0.4, -0.2) is 76.1 Å². The molecule has 10 nitrogen and oxygen atoms in total. The highest BCUT2D eigenvalue weighted by atomic mass is 31.2. The summed E-state index contributed by atoms with van der Waals surface area (Å²) >= 11 is 0. The van der Waals surface area contributed by atoms with Crippen molar-refractivity contribution in [3.63, 3.8) is 0 Å². The van der Waals surface area contributed by atoms with E-state index in [4.69, 9.17) is 20.3 Å². The van der Waals surface area contributed by atoms with Gasteiger partial charge in [0.2, 0.25) is 0 Å². The number of nitrogens with zero attached hydrogens (tertiary/aromatic N) is 4. The molecule has 20 heavy (non-hydrogen) atoms. The van der Waals surface area contributed by atoms with E-state index in [0.29, 0.717) is 5.84 Å². The number of aliphatic hydroxyl groups is 1. The molecule has 11 heteroatoms. The molecule has 0 aromatic carbocycles. The molecule has 0 bridgehead atoms. The minimum absolute atomic E-state index is 0.186. The Balaban J connectivity index is 1.93. The summed E-state index contributed by atoms with van der Waals surface area (Å²) < 4.78 is 15.7. The van der Waals surface area contributed by atoms with Crippen LogP contribution < -0.4 is 5.73 Å². The summed E-state index contributed by atoms with van der Waals surface area (Å²) in [6.07, 6.45) is 0.986. The van der Waals surface area contributed by atoms with Crippen molar-refractivity contribution in [2.75, 3.05) is 19.5 Å². The number of fused-ring (bicyclic) bond motifs is 1. The molecule has 2 heterocycles. The maximum absolute atomic E-state index is 10.8. The molecular weight excluding hydrogens is 289 g/mol. The van der Waals surface area contributed by atoms with E-state index in [1.165, 1.54) is 12.7 Å². The van der Waals surface area contributed by atoms with Crippen molar-refractivity contribution >= 4 is 26.1 Å². The predicted octanol–water partition coefficient (Wildman–Crippen LogP) is -2.06. The first-order chi connectivity index (χ1) is 9.40. The molecule has 2 aliphatic rings. The Morgan fingerprint density at radius 1 is 1.50 bits per heavy atom. The summed E-state index contributed by atoms with van der Waals surface area (Å²) in [5, 5.41) is 9.20. The molecule has 0 spiro atoms. The number of aliphatic hydroxyl groups excluding tert-OH is 1. The van der Waals surface area contributed by atoms with Crippen LogP contribution in [0.3, 0.4) is 0 Å². The molecule has 0 fully saturated rings. The number of rotatable bonds is 6. The highest BCUT2D eigenvalue weighted by molar-refractivity contribution is 7.51. The van der Waals surface area contributed by atoms with Crippen LogP contribution in [0.5, 0.6) is 0 Å². The minimum Gasteiger partial charge on any atom is -0.394 e. The number of ether oxygens (including phenoxy) is 1. The van der Waals surface area contributed by atoms with E-state index in [0.717, 1.165) is 0 Å². The van der Waals surface area contributed by atoms with Crippen LogP contribution in [0.25, 0.3) is 0 Å². The zero-order valence-corrected chi connectivity index (χ0v) is 11.4. The van der Waals surface area contributed by atoms with Gasteiger partial charge in [-0.15, -0.1) is 0 Å². The maximum atomic E-state index is 10.8. The lowest BCUT2D eigenvalue weighted by atomic mass is 10.2. The van der Waals surface area contributed by atoms with E-state index in [1.54, 1.807) is 4.90 Å². The van der Waals surface area contributed by atoms with Crippen LogP contribution in [0, 0.1) is 0 Å². The largest absolute Gasteiger partial charge is 0.394 e. The van der Waals surface area contributed by atoms with Gasteiger partial charge in [-0.2, -0.15) is 0 Å². The first-order valence-electron chi connectivity index (χ1n) is 5.81. The molecule has 0 aliphatic carbocycles. The Morgan fingerprint density at radius 2 is 2.25 bits per heavy atom. The van der Waals surface area contributed by atoms with E-state index in [-0.39, 0.29) is 25.4 Å². The van der Waals surface area contributed by atoms with Crippen LogP contribution in [0.2, 0.25) is 0 Å². The average molecular weight is 305 g/mol. The number of amidine groups is 1. The number of hydrogen-bond acceptors (Lipinski definition) is 8. The summed E-state index contributed by atoms with van der Waals surface area (Å²) in [6.45, 7) is -0.194. The van der Waals surface area contributed by atoms with Gasteiger partial charge < -0.3 is 30.3 Å². The van der Waals surface area contributed by atoms with Crippen molar-refractivity contribution in [1.82, 2.24) is 4.90 Å². The molecule has 0 saturated carbocycles. The monoisotopic (exact) mass is 305 g/mol. The van der Waals surface area contributed by atoms with Gasteiger partial charge in [-0.3, -0.25) is 9.56 Å². The molecule has 0 saturated heterocycles. The fourth-order valence-electron chi connectivity index (χ4n) is 1.88. The Labute approximate surface area is 114 Å². The molecule has 2 unspecified atom stereocenters. The normalized spacial score (nSPS) is 26.6. The van der Waals surface area contributed by atoms with Crippen LogP contribution in [0.4, 0.5) is 0 Å². The van der Waals surface area contributed by atoms with E-state index in [1.807, 2.05) is 0 Å². The van der Waals surface area contributed by atoms with Gasteiger partial charge in [-0.05, 0) is 0 Å². The van der Waals surface area contributed by atoms with E-state index >= 15 is 0 Å². The molecule has 3 atom stereocenters. The van der Waals surface area contributed by atoms with Crippen molar-refractivity contribution in [2.24, 2.45) is 20.7 Å². The lowest BCUT2D eigenvalue weighted by Crippen LogP contribution is -2.46. The Morgan fingerprint density at radius 3 is 2.90 bits per heavy atom. The van der Waals surface area contributed by atoms with Crippen molar-refractivity contribution in [3.05, 3.63) is 0 Å². The summed E-state index contributed by atoms with van der Waals surface area (Å²) in [5.74, 6) is 0.348. The van der Waals surface area contributed by atoms with E-state index in [9.17, 15) is 9.67 Å². The van der Waals surface area contributed by atoms with Crippen molar-refractivity contribution in [1.29, 1.82) is 0 Å². The fraction of sp³-hybridized carbons (Fsp3) is 0.667. The molecule has 112 valence electrons. The van der Waals surface area contributed by atoms with Gasteiger partial charge in [0.15, 0.2) is 6.17 Å². The Hall–Kier alpha value is -1.32. The van der Waals surface area contributed by atoms with Gasteiger partial charge in [0.1, 0.15) is 24.6 Å². The van der Waals surface area contributed by atoms with Crippen molar-refractivity contribution < 1.29 is 24.2 Å². The smallest absolute Gasteiger partial charge is 0.350 e. The SMILES string of the molecule is NC1=NC=NC2C1N=CN2C[C@@H](CO)OCP(=O)(O)O. The molecular formula is C9H16N5O5P. The molecule has 2 rings (SSSR count). The van der Waals surface area contributed by atoms with Crippen LogP contribution in [0.15, 0.2) is 15.0 Å².